The number of anilines is 2. The number of amides is 2. The van der Waals surface area contributed by atoms with Crippen molar-refractivity contribution in [1.29, 1.82) is 0 Å². The van der Waals surface area contributed by atoms with Crippen LogP contribution in [0.25, 0.3) is 11.2 Å². The predicted octanol–water partition coefficient (Wildman–Crippen LogP) is 6.25. The van der Waals surface area contributed by atoms with Gasteiger partial charge in [0.25, 0.3) is 12.3 Å². The molecule has 0 radical (unpaired) electrons. The predicted molar refractivity (Wildman–Crippen MR) is 149 cm³/mol. The van der Waals surface area contributed by atoms with Crippen LogP contribution in [0.2, 0.25) is 0 Å². The SMILES string of the molecule is Cn1c(Nc2cc(CNC(=O)C3CC3)ccc2C(F)(F)F)nc2cc(C(=O)N[C@H]3CC[C@H](C(F)(F)F)CC3)c(OCC(F)F)nc21. The zero-order chi connectivity index (χ0) is 33.4. The van der Waals surface area contributed by atoms with E-state index in [-0.39, 0.29) is 72.4 Å². The highest BCUT2D eigenvalue weighted by atomic mass is 19.4. The molecular formula is C29H30F8N6O3. The van der Waals surface area contributed by atoms with E-state index in [1.807, 2.05) is 0 Å². The van der Waals surface area contributed by atoms with Crippen LogP contribution in [0.3, 0.4) is 0 Å². The van der Waals surface area contributed by atoms with Crippen molar-refractivity contribution < 1.29 is 49.4 Å². The number of nitrogens with one attached hydrogen (secondary N) is 3. The number of aromatic nitrogens is 3. The number of hydrogen-bond acceptors (Lipinski definition) is 6. The maximum atomic E-state index is 13.9. The number of rotatable bonds is 10. The van der Waals surface area contributed by atoms with E-state index in [1.165, 1.54) is 29.8 Å². The Morgan fingerprint density at radius 2 is 1.70 bits per heavy atom. The first-order valence-corrected chi connectivity index (χ1v) is 14.5. The monoisotopic (exact) mass is 662 g/mol. The van der Waals surface area contributed by atoms with Crippen LogP contribution in [0, 0.1) is 11.8 Å². The van der Waals surface area contributed by atoms with Gasteiger partial charge >= 0.3 is 12.4 Å². The highest BCUT2D eigenvalue weighted by molar-refractivity contribution is 5.99. The number of hydrogen-bond donors (Lipinski definition) is 3. The first kappa shape index (κ1) is 33.2. The second kappa shape index (κ2) is 12.9. The molecular weight excluding hydrogens is 632 g/mol. The van der Waals surface area contributed by atoms with E-state index in [0.29, 0.717) is 5.56 Å². The molecule has 2 saturated carbocycles. The molecule has 9 nitrogen and oxygen atoms in total. The summed E-state index contributed by atoms with van der Waals surface area (Å²) in [5.41, 5.74) is -1.36. The summed E-state index contributed by atoms with van der Waals surface area (Å²) < 4.78 is 113. The number of carbonyl (C=O) groups is 2. The zero-order valence-electron chi connectivity index (χ0n) is 24.4. The van der Waals surface area contributed by atoms with Crippen LogP contribution in [0.1, 0.15) is 60.0 Å². The van der Waals surface area contributed by atoms with Crippen molar-refractivity contribution in [2.45, 2.75) is 69.9 Å². The van der Waals surface area contributed by atoms with Crippen molar-refractivity contribution in [3.63, 3.8) is 0 Å². The molecule has 2 aromatic heterocycles. The lowest BCUT2D eigenvalue weighted by atomic mass is 9.85. The lowest BCUT2D eigenvalue weighted by Gasteiger charge is -2.30. The number of halogens is 8. The topological polar surface area (TPSA) is 110 Å². The molecule has 0 saturated heterocycles. The van der Waals surface area contributed by atoms with Crippen molar-refractivity contribution in [1.82, 2.24) is 25.2 Å². The Bertz CT molecular complexity index is 1590. The molecule has 0 aliphatic heterocycles. The number of benzene rings is 1. The lowest BCUT2D eigenvalue weighted by molar-refractivity contribution is -0.182. The molecule has 3 N–H and O–H groups in total. The van der Waals surface area contributed by atoms with E-state index in [2.05, 4.69) is 25.9 Å². The van der Waals surface area contributed by atoms with E-state index in [0.717, 1.165) is 18.9 Å². The zero-order valence-corrected chi connectivity index (χ0v) is 24.4. The van der Waals surface area contributed by atoms with Crippen molar-refractivity contribution in [2.75, 3.05) is 11.9 Å². The number of aryl methyl sites for hydroxylation is 1. The number of nitrogens with zero attached hydrogens (tertiary/aromatic N) is 3. The second-order valence-corrected chi connectivity index (χ2v) is 11.4. The van der Waals surface area contributed by atoms with Gasteiger partial charge in [-0.3, -0.25) is 14.2 Å². The Labute approximate surface area is 257 Å². The maximum absolute atomic E-state index is 13.9. The summed E-state index contributed by atoms with van der Waals surface area (Å²) in [6.07, 6.45) is -10.8. The van der Waals surface area contributed by atoms with Gasteiger partial charge in [0.05, 0.1) is 17.2 Å². The Hall–Kier alpha value is -4.18. The minimum Gasteiger partial charge on any atom is -0.471 e. The van der Waals surface area contributed by atoms with Gasteiger partial charge in [0.1, 0.15) is 11.1 Å². The molecule has 0 atom stereocenters. The minimum atomic E-state index is -4.76. The summed E-state index contributed by atoms with van der Waals surface area (Å²) in [5, 5.41) is 7.92. The average Bonchev–Trinajstić information content (AvgIpc) is 3.79. The van der Waals surface area contributed by atoms with Gasteiger partial charge in [-0.15, -0.1) is 0 Å². The summed E-state index contributed by atoms with van der Waals surface area (Å²) in [6.45, 7) is -1.13. The molecule has 0 unspecified atom stereocenters. The van der Waals surface area contributed by atoms with Gasteiger partial charge < -0.3 is 20.7 Å². The molecule has 2 fully saturated rings. The standard InChI is InChI=1S/C29H30F8N6O3/c1-43-23-21(41-27(43)40-20-10-14(2-9-19(20)29(35,36)37)12-38-24(44)15-3-4-15)11-18(26(42-23)46-13-22(30)31)25(45)39-17-7-5-16(6-8-17)28(32,33)34/h2,9-11,15-17,22H,3-8,12-13H2,1H3,(H,38,44)(H,39,45)(H,40,41)/t16-,17-. The number of ether oxygens (including phenoxy) is 1. The van der Waals surface area contributed by atoms with Crippen LogP contribution in [-0.2, 0) is 24.6 Å². The maximum Gasteiger partial charge on any atom is 0.418 e. The fourth-order valence-electron chi connectivity index (χ4n) is 5.30. The molecule has 2 aliphatic rings. The number of alkyl halides is 8. The highest BCUT2D eigenvalue weighted by Gasteiger charge is 2.42. The van der Waals surface area contributed by atoms with Gasteiger partial charge in [-0.2, -0.15) is 31.3 Å². The highest BCUT2D eigenvalue weighted by Crippen LogP contribution is 2.39. The van der Waals surface area contributed by atoms with E-state index in [1.54, 1.807) is 0 Å². The molecule has 1 aromatic carbocycles. The summed E-state index contributed by atoms with van der Waals surface area (Å²) >= 11 is 0. The van der Waals surface area contributed by atoms with Crippen LogP contribution in [0.5, 0.6) is 5.88 Å². The Morgan fingerprint density at radius 3 is 2.30 bits per heavy atom. The van der Waals surface area contributed by atoms with Crippen molar-refractivity contribution >= 4 is 34.6 Å². The number of pyridine rings is 1. The molecule has 3 aromatic rings. The van der Waals surface area contributed by atoms with Gasteiger partial charge in [0.2, 0.25) is 17.7 Å². The molecule has 5 rings (SSSR count). The van der Waals surface area contributed by atoms with Crippen molar-refractivity contribution in [3.05, 3.63) is 41.0 Å². The van der Waals surface area contributed by atoms with Crippen molar-refractivity contribution in [3.8, 4) is 5.88 Å². The van der Waals surface area contributed by atoms with Crippen LogP contribution in [-0.4, -0.2) is 51.6 Å². The normalized spacial score (nSPS) is 18.9. The Balaban J connectivity index is 1.42. The average molecular weight is 663 g/mol. The van der Waals surface area contributed by atoms with E-state index < -0.39 is 54.7 Å². The van der Waals surface area contributed by atoms with Gasteiger partial charge in [0, 0.05) is 25.6 Å². The quantitative estimate of drug-likeness (QED) is 0.222. The van der Waals surface area contributed by atoms with Crippen LogP contribution in [0.15, 0.2) is 24.3 Å². The third-order valence-corrected chi connectivity index (χ3v) is 7.98. The van der Waals surface area contributed by atoms with Gasteiger partial charge in [-0.05, 0) is 62.3 Å². The van der Waals surface area contributed by atoms with Gasteiger partial charge in [-0.1, -0.05) is 6.07 Å². The minimum absolute atomic E-state index is 0.00161. The summed E-state index contributed by atoms with van der Waals surface area (Å²) in [7, 11) is 1.40. The van der Waals surface area contributed by atoms with E-state index in [4.69, 9.17) is 4.74 Å². The molecule has 2 amide bonds. The lowest BCUT2D eigenvalue weighted by Crippen LogP contribution is -2.40. The van der Waals surface area contributed by atoms with Crippen LogP contribution < -0.4 is 20.7 Å². The molecule has 46 heavy (non-hydrogen) atoms. The van der Waals surface area contributed by atoms with E-state index in [9.17, 15) is 44.7 Å². The molecule has 0 spiro atoms. The third kappa shape index (κ3) is 7.78. The molecule has 2 heterocycles. The molecule has 2 aliphatic carbocycles. The van der Waals surface area contributed by atoms with Crippen molar-refractivity contribution in [2.24, 2.45) is 18.9 Å². The Morgan fingerprint density at radius 1 is 1.00 bits per heavy atom. The first-order chi connectivity index (χ1) is 21.6. The van der Waals surface area contributed by atoms with Crippen LogP contribution >= 0.6 is 0 Å². The van der Waals surface area contributed by atoms with E-state index >= 15 is 0 Å². The van der Waals surface area contributed by atoms with Gasteiger partial charge in [0.15, 0.2) is 12.3 Å². The Kier molecular flexibility index (Phi) is 9.31. The number of carbonyl (C=O) groups excluding carboxylic acids is 2. The summed E-state index contributed by atoms with van der Waals surface area (Å²) in [4.78, 5) is 33.6. The summed E-state index contributed by atoms with van der Waals surface area (Å²) in [5.74, 6) is -3.25. The fourth-order valence-corrected chi connectivity index (χ4v) is 5.30. The largest absolute Gasteiger partial charge is 0.471 e. The first-order valence-electron chi connectivity index (χ1n) is 14.5. The van der Waals surface area contributed by atoms with Crippen LogP contribution in [0.4, 0.5) is 46.8 Å². The second-order valence-electron chi connectivity index (χ2n) is 11.4. The fraction of sp³-hybridized carbons (Fsp3) is 0.517. The third-order valence-electron chi connectivity index (χ3n) is 7.98. The molecule has 17 heteroatoms. The molecule has 0 bridgehead atoms. The molecule has 250 valence electrons. The van der Waals surface area contributed by atoms with Gasteiger partial charge in [-0.25, -0.2) is 13.8 Å². The summed E-state index contributed by atoms with van der Waals surface area (Å²) in [6, 6.07) is 3.87. The number of fused-ring (bicyclic) bond motifs is 1. The smallest absolute Gasteiger partial charge is 0.418 e. The number of imidazole rings is 1.